The van der Waals surface area contributed by atoms with Gasteiger partial charge in [-0.15, -0.1) is 0 Å². The van der Waals surface area contributed by atoms with E-state index in [0.29, 0.717) is 18.8 Å². The topological polar surface area (TPSA) is 44.8 Å². The summed E-state index contributed by atoms with van der Waals surface area (Å²) in [6.07, 6.45) is 1.35. The molecule has 0 spiro atoms. The molecule has 0 fully saturated rings. The number of rotatable bonds is 1. The standard InChI is InChI=1S/C6H8O4/c1-8-6(7)10-5-2-3-9-4-5/h4H,2-3H2,1H3. The fraction of sp³-hybridized carbons (Fsp3) is 0.500. The smallest absolute Gasteiger partial charge is 0.497 e. The van der Waals surface area contributed by atoms with Gasteiger partial charge in [-0.05, 0) is 0 Å². The molecule has 1 aliphatic rings. The molecule has 0 unspecified atom stereocenters. The van der Waals surface area contributed by atoms with Gasteiger partial charge < -0.3 is 14.2 Å². The zero-order valence-corrected chi connectivity index (χ0v) is 5.62. The minimum atomic E-state index is -0.697. The summed E-state index contributed by atoms with van der Waals surface area (Å²) in [5, 5.41) is 0. The summed E-state index contributed by atoms with van der Waals surface area (Å²) < 4.78 is 13.7. The molecular weight excluding hydrogens is 136 g/mol. The summed E-state index contributed by atoms with van der Waals surface area (Å²) >= 11 is 0. The van der Waals surface area contributed by atoms with Crippen molar-refractivity contribution in [2.45, 2.75) is 6.42 Å². The summed E-state index contributed by atoms with van der Waals surface area (Å²) in [4.78, 5) is 10.4. The van der Waals surface area contributed by atoms with Crippen LogP contribution in [0.15, 0.2) is 12.0 Å². The summed E-state index contributed by atoms with van der Waals surface area (Å²) in [7, 11) is 1.26. The monoisotopic (exact) mass is 144 g/mol. The van der Waals surface area contributed by atoms with E-state index in [1.807, 2.05) is 0 Å². The lowest BCUT2D eigenvalue weighted by Gasteiger charge is -1.98. The van der Waals surface area contributed by atoms with E-state index in [0.717, 1.165) is 0 Å². The molecule has 1 aliphatic heterocycles. The van der Waals surface area contributed by atoms with E-state index in [2.05, 4.69) is 9.47 Å². The number of ether oxygens (including phenoxy) is 3. The van der Waals surface area contributed by atoms with Crippen LogP contribution in [0.4, 0.5) is 4.79 Å². The third kappa shape index (κ3) is 1.65. The van der Waals surface area contributed by atoms with Crippen LogP contribution in [0.1, 0.15) is 6.42 Å². The van der Waals surface area contributed by atoms with Crippen LogP contribution in [0.3, 0.4) is 0 Å². The third-order valence-electron chi connectivity index (χ3n) is 1.06. The molecule has 4 heteroatoms. The molecule has 0 atom stereocenters. The number of carbonyl (C=O) groups is 1. The van der Waals surface area contributed by atoms with Crippen LogP contribution in [-0.2, 0) is 14.2 Å². The molecule has 0 saturated carbocycles. The molecular formula is C6H8O4. The largest absolute Gasteiger partial charge is 0.513 e. The normalized spacial score (nSPS) is 15.5. The Morgan fingerprint density at radius 3 is 3.10 bits per heavy atom. The van der Waals surface area contributed by atoms with E-state index in [-0.39, 0.29) is 0 Å². The first-order chi connectivity index (χ1) is 4.83. The molecule has 0 aromatic heterocycles. The fourth-order valence-corrected chi connectivity index (χ4v) is 0.594. The second-order valence-electron chi connectivity index (χ2n) is 1.76. The van der Waals surface area contributed by atoms with Gasteiger partial charge in [-0.2, -0.15) is 0 Å². The van der Waals surface area contributed by atoms with Crippen molar-refractivity contribution in [3.8, 4) is 0 Å². The Labute approximate surface area is 58.4 Å². The van der Waals surface area contributed by atoms with E-state index in [9.17, 15) is 4.79 Å². The number of carbonyl (C=O) groups excluding carboxylic acids is 1. The van der Waals surface area contributed by atoms with Crippen LogP contribution in [-0.4, -0.2) is 19.9 Å². The Bertz CT molecular complexity index is 161. The highest BCUT2D eigenvalue weighted by molar-refractivity contribution is 5.61. The summed E-state index contributed by atoms with van der Waals surface area (Å²) in [6, 6.07) is 0. The van der Waals surface area contributed by atoms with Crippen molar-refractivity contribution in [3.05, 3.63) is 12.0 Å². The van der Waals surface area contributed by atoms with Crippen molar-refractivity contribution < 1.29 is 19.0 Å². The highest BCUT2D eigenvalue weighted by Gasteiger charge is 2.11. The maximum absolute atomic E-state index is 10.4. The van der Waals surface area contributed by atoms with Gasteiger partial charge in [0.15, 0.2) is 0 Å². The Kier molecular flexibility index (Phi) is 2.15. The van der Waals surface area contributed by atoms with Gasteiger partial charge in [0.05, 0.1) is 13.7 Å². The fourth-order valence-electron chi connectivity index (χ4n) is 0.594. The van der Waals surface area contributed by atoms with E-state index in [1.165, 1.54) is 13.4 Å². The lowest BCUT2D eigenvalue weighted by atomic mass is 10.4. The first kappa shape index (κ1) is 6.92. The molecule has 1 rings (SSSR count). The van der Waals surface area contributed by atoms with Gasteiger partial charge in [-0.1, -0.05) is 0 Å². The van der Waals surface area contributed by atoms with E-state index < -0.39 is 6.16 Å². The van der Waals surface area contributed by atoms with Gasteiger partial charge in [0.25, 0.3) is 0 Å². The van der Waals surface area contributed by atoms with Crippen molar-refractivity contribution in [1.29, 1.82) is 0 Å². The first-order valence-corrected chi connectivity index (χ1v) is 2.89. The lowest BCUT2D eigenvalue weighted by molar-refractivity contribution is 0.0959. The number of hydrogen-bond donors (Lipinski definition) is 0. The second-order valence-corrected chi connectivity index (χ2v) is 1.76. The minimum Gasteiger partial charge on any atom is -0.497 e. The predicted octanol–water partition coefficient (Wildman–Crippen LogP) is 1.03. The molecule has 1 heterocycles. The van der Waals surface area contributed by atoms with Crippen molar-refractivity contribution in [1.82, 2.24) is 0 Å². The molecule has 0 N–H and O–H groups in total. The Morgan fingerprint density at radius 1 is 1.80 bits per heavy atom. The predicted molar refractivity (Wildman–Crippen MR) is 32.1 cm³/mol. The van der Waals surface area contributed by atoms with Crippen molar-refractivity contribution >= 4 is 6.16 Å². The van der Waals surface area contributed by atoms with E-state index in [4.69, 9.17) is 4.74 Å². The molecule has 0 saturated heterocycles. The molecule has 0 aliphatic carbocycles. The Balaban J connectivity index is 2.30. The molecule has 0 radical (unpaired) electrons. The molecule has 0 aromatic rings. The maximum Gasteiger partial charge on any atom is 0.513 e. The van der Waals surface area contributed by atoms with E-state index >= 15 is 0 Å². The van der Waals surface area contributed by atoms with Crippen LogP contribution >= 0.6 is 0 Å². The highest BCUT2D eigenvalue weighted by Crippen LogP contribution is 2.11. The van der Waals surface area contributed by atoms with Crippen molar-refractivity contribution in [2.24, 2.45) is 0 Å². The minimum absolute atomic E-state index is 0.520. The van der Waals surface area contributed by atoms with Crippen LogP contribution in [0.5, 0.6) is 0 Å². The Morgan fingerprint density at radius 2 is 2.60 bits per heavy atom. The lowest BCUT2D eigenvalue weighted by Crippen LogP contribution is -2.02. The third-order valence-corrected chi connectivity index (χ3v) is 1.06. The SMILES string of the molecule is COC(=O)OC1=COCC1. The number of methoxy groups -OCH3 is 1. The van der Waals surface area contributed by atoms with Gasteiger partial charge >= 0.3 is 6.16 Å². The van der Waals surface area contributed by atoms with Crippen LogP contribution in [0.2, 0.25) is 0 Å². The Hall–Kier alpha value is -1.19. The van der Waals surface area contributed by atoms with Gasteiger partial charge in [-0.3, -0.25) is 0 Å². The summed E-state index contributed by atoms with van der Waals surface area (Å²) in [5.41, 5.74) is 0. The molecule has 0 bridgehead atoms. The molecule has 0 aromatic carbocycles. The average Bonchev–Trinajstić information content (AvgIpc) is 2.40. The van der Waals surface area contributed by atoms with Gasteiger partial charge in [-0.25, -0.2) is 4.79 Å². The number of hydrogen-bond acceptors (Lipinski definition) is 4. The van der Waals surface area contributed by atoms with E-state index in [1.54, 1.807) is 0 Å². The van der Waals surface area contributed by atoms with Gasteiger partial charge in [0.1, 0.15) is 12.0 Å². The zero-order chi connectivity index (χ0) is 7.40. The van der Waals surface area contributed by atoms with Crippen LogP contribution in [0, 0.1) is 0 Å². The summed E-state index contributed by atoms with van der Waals surface area (Å²) in [5.74, 6) is 0.520. The van der Waals surface area contributed by atoms with Crippen molar-refractivity contribution in [3.63, 3.8) is 0 Å². The highest BCUT2D eigenvalue weighted by atomic mass is 16.7. The van der Waals surface area contributed by atoms with Gasteiger partial charge in [0.2, 0.25) is 0 Å². The van der Waals surface area contributed by atoms with Crippen LogP contribution < -0.4 is 0 Å². The molecule has 56 valence electrons. The first-order valence-electron chi connectivity index (χ1n) is 2.89. The van der Waals surface area contributed by atoms with Crippen molar-refractivity contribution in [2.75, 3.05) is 13.7 Å². The summed E-state index contributed by atoms with van der Waals surface area (Å²) in [6.45, 7) is 0.576. The molecule has 0 amide bonds. The van der Waals surface area contributed by atoms with Gasteiger partial charge in [0, 0.05) is 6.42 Å². The molecule has 10 heavy (non-hydrogen) atoms. The average molecular weight is 144 g/mol. The maximum atomic E-state index is 10.4. The zero-order valence-electron chi connectivity index (χ0n) is 5.62. The molecule has 4 nitrogen and oxygen atoms in total. The van der Waals surface area contributed by atoms with Crippen LogP contribution in [0.25, 0.3) is 0 Å². The second kappa shape index (κ2) is 3.10. The quantitative estimate of drug-likeness (QED) is 0.515.